The maximum atomic E-state index is 9.39. The molecule has 2 aromatic rings. The molecular formula is C31H35HgN2. The molecule has 0 N–H and O–H groups in total. The molecule has 171 valence electrons. The topological polar surface area (TPSA) is 36.1 Å². The van der Waals surface area contributed by atoms with Crippen LogP contribution in [0, 0.1) is 37.0 Å². The fourth-order valence-electron chi connectivity index (χ4n) is 5.86. The van der Waals surface area contributed by atoms with Crippen molar-refractivity contribution in [1.82, 2.24) is 0 Å². The fraction of sp³-hybridized carbons (Fsp3) is 0.419. The van der Waals surface area contributed by atoms with E-state index in [-0.39, 0.29) is 0 Å². The van der Waals surface area contributed by atoms with Crippen LogP contribution in [-0.2, 0) is 32.5 Å². The van der Waals surface area contributed by atoms with Crippen LogP contribution in [0.15, 0.2) is 62.8 Å². The molecule has 34 heavy (non-hydrogen) atoms. The van der Waals surface area contributed by atoms with Gasteiger partial charge in [0.25, 0.3) is 0 Å². The average molecular weight is 636 g/mol. The molecule has 1 heterocycles. The van der Waals surface area contributed by atoms with Gasteiger partial charge in [-0.3, -0.25) is 0 Å². The van der Waals surface area contributed by atoms with Crippen molar-refractivity contribution in [3.8, 4) is 6.07 Å². The molecule has 3 heteroatoms. The number of aryl methyl sites for hydroxylation is 3. The third kappa shape index (κ3) is 6.17. The summed E-state index contributed by atoms with van der Waals surface area (Å²) in [6, 6.07) is 17.5. The molecule has 2 unspecified atom stereocenters. The van der Waals surface area contributed by atoms with E-state index >= 15 is 0 Å². The van der Waals surface area contributed by atoms with Gasteiger partial charge < -0.3 is 0 Å². The summed E-state index contributed by atoms with van der Waals surface area (Å²) in [6.07, 6.45) is 11.2. The summed E-state index contributed by atoms with van der Waals surface area (Å²) in [5.74, 6) is 1.63. The first-order valence-corrected chi connectivity index (χ1v) is 15.6. The number of hydrogen-bond donors (Lipinski definition) is 0. The Hall–Kier alpha value is -1.98. The Morgan fingerprint density at radius 1 is 1.09 bits per heavy atom. The number of nitrogens with zero attached hydrogens (tertiary/aromatic N) is 2. The van der Waals surface area contributed by atoms with Gasteiger partial charge in [0, 0.05) is 0 Å². The minimum absolute atomic E-state index is 0.602. The van der Waals surface area contributed by atoms with Crippen molar-refractivity contribution in [1.29, 1.82) is 5.26 Å². The number of benzene rings is 2. The Morgan fingerprint density at radius 2 is 1.82 bits per heavy atom. The molecule has 2 nitrogen and oxygen atoms in total. The molecule has 0 bridgehead atoms. The monoisotopic (exact) mass is 637 g/mol. The van der Waals surface area contributed by atoms with Crippen LogP contribution in [0.25, 0.3) is 5.57 Å². The molecule has 4 rings (SSSR count). The standard InChI is InChI=1S/C31H35N2.Hg/c1-22-7-4-12-28(19-22)30-18-17-29(33-30)16-14-26-10-6-9-25(20-26)13-15-27-11-5-8-23(2)31(27)24(3)21-32;/h4-5,7-8,11-12,19,25-26H,3,6,9-10,13-16,18,20H2,1-2H3;. The van der Waals surface area contributed by atoms with Crippen molar-refractivity contribution < 1.29 is 26.1 Å². The molecule has 1 saturated carbocycles. The zero-order valence-corrected chi connectivity index (χ0v) is 26.4. The predicted molar refractivity (Wildman–Crippen MR) is 138 cm³/mol. The van der Waals surface area contributed by atoms with Crippen LogP contribution < -0.4 is 0 Å². The van der Waals surface area contributed by atoms with Gasteiger partial charge in [-0.25, -0.2) is 0 Å². The number of rotatable bonds is 8. The summed E-state index contributed by atoms with van der Waals surface area (Å²) in [4.78, 5) is 5.11. The fourth-order valence-corrected chi connectivity index (χ4v) is 7.78. The molecule has 1 fully saturated rings. The second kappa shape index (κ2) is 11.6. The Balaban J connectivity index is 1.32. The number of allylic oxidation sites excluding steroid dienone is 3. The summed E-state index contributed by atoms with van der Waals surface area (Å²) in [6.45, 7) is 8.25. The third-order valence-corrected chi connectivity index (χ3v) is 10.3. The van der Waals surface area contributed by atoms with E-state index in [9.17, 15) is 5.26 Å². The Morgan fingerprint density at radius 3 is 2.56 bits per heavy atom. The molecule has 2 aromatic carbocycles. The van der Waals surface area contributed by atoms with Crippen LogP contribution in [0.5, 0.6) is 0 Å². The maximum absolute atomic E-state index is 9.39. The van der Waals surface area contributed by atoms with E-state index in [4.69, 9.17) is 4.99 Å². The molecule has 2 atom stereocenters. The van der Waals surface area contributed by atoms with Gasteiger partial charge in [0.15, 0.2) is 0 Å². The number of aliphatic imine (C=N–C) groups is 1. The van der Waals surface area contributed by atoms with Crippen molar-refractivity contribution >= 4 is 11.3 Å². The average Bonchev–Trinajstić information content (AvgIpc) is 3.22. The normalized spacial score (nSPS) is 20.3. The van der Waals surface area contributed by atoms with Gasteiger partial charge in [-0.1, -0.05) is 12.6 Å². The van der Waals surface area contributed by atoms with Crippen molar-refractivity contribution in [3.05, 3.63) is 85.6 Å². The van der Waals surface area contributed by atoms with E-state index in [0.717, 1.165) is 36.7 Å². The zero-order chi connectivity index (χ0) is 24.1. The van der Waals surface area contributed by atoms with Crippen LogP contribution in [-0.4, -0.2) is 5.71 Å². The Kier molecular flexibility index (Phi) is 8.59. The second-order valence-corrected chi connectivity index (χ2v) is 13.6. The molecule has 1 aliphatic heterocycles. The quantitative estimate of drug-likeness (QED) is 0.214. The first-order valence-electron chi connectivity index (χ1n) is 12.8. The second-order valence-electron chi connectivity index (χ2n) is 10.3. The molecule has 1 aliphatic carbocycles. The zero-order valence-electron chi connectivity index (χ0n) is 20.9. The predicted octanol–water partition coefficient (Wildman–Crippen LogP) is 8.01. The van der Waals surface area contributed by atoms with Gasteiger partial charge in [-0.05, 0) is 6.92 Å². The number of hydrogen-bond acceptors (Lipinski definition) is 2. The first-order chi connectivity index (χ1) is 16.4. The van der Waals surface area contributed by atoms with Gasteiger partial charge in [-0.15, -0.1) is 0 Å². The van der Waals surface area contributed by atoms with Gasteiger partial charge in [0.05, 0.1) is 6.07 Å². The van der Waals surface area contributed by atoms with Crippen LogP contribution >= 0.6 is 0 Å². The van der Waals surface area contributed by atoms with Crippen LogP contribution in [0.2, 0.25) is 0 Å². The summed E-state index contributed by atoms with van der Waals surface area (Å²) in [5, 5.41) is 9.39. The molecule has 2 aliphatic rings. The first kappa shape index (κ1) is 25.1. The van der Waals surface area contributed by atoms with E-state index in [1.165, 1.54) is 72.2 Å². The Labute approximate surface area is 221 Å². The summed E-state index contributed by atoms with van der Waals surface area (Å²) in [5.41, 5.74) is 9.48. The van der Waals surface area contributed by atoms with Crippen LogP contribution in [0.1, 0.15) is 79.2 Å². The molecule has 0 amide bonds. The molecule has 0 aromatic heterocycles. The van der Waals surface area contributed by atoms with Crippen LogP contribution in [0.4, 0.5) is 0 Å². The molecule has 0 radical (unpaired) electrons. The van der Waals surface area contributed by atoms with E-state index in [1.54, 1.807) is 3.08 Å². The Bertz CT molecular complexity index is 1160. The van der Waals surface area contributed by atoms with Gasteiger partial charge in [0.1, 0.15) is 0 Å². The van der Waals surface area contributed by atoms with Crippen LogP contribution in [0.3, 0.4) is 0 Å². The van der Waals surface area contributed by atoms with Gasteiger partial charge >= 0.3 is 192 Å². The summed E-state index contributed by atoms with van der Waals surface area (Å²) < 4.78 is 1.65. The number of nitriles is 1. The summed E-state index contributed by atoms with van der Waals surface area (Å²) in [7, 11) is 0. The molecular weight excluding hydrogens is 601 g/mol. The van der Waals surface area contributed by atoms with Crippen molar-refractivity contribution in [2.45, 2.75) is 71.6 Å². The molecule has 0 saturated heterocycles. The van der Waals surface area contributed by atoms with E-state index in [2.05, 4.69) is 69.0 Å². The molecule has 0 spiro atoms. The van der Waals surface area contributed by atoms with E-state index < -0.39 is 0 Å². The minimum atomic E-state index is 0.602. The van der Waals surface area contributed by atoms with E-state index in [0.29, 0.717) is 31.7 Å². The van der Waals surface area contributed by atoms with Crippen molar-refractivity contribution in [3.63, 3.8) is 0 Å². The summed E-state index contributed by atoms with van der Waals surface area (Å²) >= 11 is 0.656. The van der Waals surface area contributed by atoms with Crippen molar-refractivity contribution in [2.24, 2.45) is 16.8 Å². The van der Waals surface area contributed by atoms with E-state index in [1.807, 2.05) is 0 Å². The van der Waals surface area contributed by atoms with Gasteiger partial charge in [0.2, 0.25) is 0 Å². The van der Waals surface area contributed by atoms with Crippen molar-refractivity contribution in [2.75, 3.05) is 0 Å². The third-order valence-electron chi connectivity index (χ3n) is 7.71. The van der Waals surface area contributed by atoms with Gasteiger partial charge in [-0.2, -0.15) is 5.26 Å². The SMILES string of the molecule is C=C(C#N)c1c(C)cccc1CCC1CCCC(CCC2=[C]([Hg])CC(c3cccc(C)c3)=N2)C1.